The SMILES string of the molecule is CC(NCc1cccs1)(C(N)=O)c1ccc(F)cc1Br. The molecule has 0 spiro atoms. The van der Waals surface area contributed by atoms with E-state index >= 15 is 0 Å². The molecule has 0 saturated carbocycles. The van der Waals surface area contributed by atoms with Gasteiger partial charge in [0.05, 0.1) is 0 Å². The first-order valence-corrected chi connectivity index (χ1v) is 7.63. The zero-order valence-electron chi connectivity index (χ0n) is 10.8. The summed E-state index contributed by atoms with van der Waals surface area (Å²) in [5.74, 6) is -0.882. The maximum absolute atomic E-state index is 13.2. The maximum atomic E-state index is 13.2. The highest BCUT2D eigenvalue weighted by Crippen LogP contribution is 2.29. The van der Waals surface area contributed by atoms with E-state index in [-0.39, 0.29) is 5.82 Å². The lowest BCUT2D eigenvalue weighted by Gasteiger charge is -2.29. The molecule has 3 nitrogen and oxygen atoms in total. The lowest BCUT2D eigenvalue weighted by atomic mass is 9.91. The molecule has 3 N–H and O–H groups in total. The average Bonchev–Trinajstić information content (AvgIpc) is 2.88. The van der Waals surface area contributed by atoms with Crippen molar-refractivity contribution in [3.63, 3.8) is 0 Å². The highest BCUT2D eigenvalue weighted by molar-refractivity contribution is 9.10. The first kappa shape index (κ1) is 15.2. The number of hydrogen-bond acceptors (Lipinski definition) is 3. The van der Waals surface area contributed by atoms with Crippen LogP contribution in [0.25, 0.3) is 0 Å². The quantitative estimate of drug-likeness (QED) is 0.864. The summed E-state index contributed by atoms with van der Waals surface area (Å²) in [5, 5.41) is 5.12. The number of primary amides is 1. The second-order valence-corrected chi connectivity index (χ2v) is 6.43. The van der Waals surface area contributed by atoms with E-state index in [1.165, 1.54) is 12.1 Å². The second kappa shape index (κ2) is 6.03. The fourth-order valence-electron chi connectivity index (χ4n) is 1.89. The summed E-state index contributed by atoms with van der Waals surface area (Å²) in [6, 6.07) is 8.11. The summed E-state index contributed by atoms with van der Waals surface area (Å²) in [6.07, 6.45) is 0. The number of nitrogens with two attached hydrogens (primary N) is 1. The van der Waals surface area contributed by atoms with Gasteiger partial charge in [0.15, 0.2) is 0 Å². The fraction of sp³-hybridized carbons (Fsp3) is 0.214. The monoisotopic (exact) mass is 356 g/mol. The van der Waals surface area contributed by atoms with Crippen LogP contribution in [0, 0.1) is 5.82 Å². The Hall–Kier alpha value is -1.24. The molecule has 0 aliphatic heterocycles. The summed E-state index contributed by atoms with van der Waals surface area (Å²) in [6.45, 7) is 2.21. The second-order valence-electron chi connectivity index (χ2n) is 4.55. The van der Waals surface area contributed by atoms with Crippen molar-refractivity contribution in [1.29, 1.82) is 0 Å². The van der Waals surface area contributed by atoms with Gasteiger partial charge in [0, 0.05) is 15.9 Å². The van der Waals surface area contributed by atoms with Gasteiger partial charge in [-0.1, -0.05) is 28.1 Å². The van der Waals surface area contributed by atoms with Crippen LogP contribution < -0.4 is 11.1 Å². The standard InChI is InChI=1S/C14H14BrFN2OS/c1-14(13(17)19,18-8-10-3-2-6-20-10)11-5-4-9(16)7-12(11)15/h2-7,18H,8H2,1H3,(H2,17,19). The Morgan fingerprint density at radius 1 is 1.50 bits per heavy atom. The summed E-state index contributed by atoms with van der Waals surface area (Å²) in [5.41, 5.74) is 5.08. The number of benzene rings is 1. The Labute approximate surface area is 129 Å². The maximum Gasteiger partial charge on any atom is 0.242 e. The summed E-state index contributed by atoms with van der Waals surface area (Å²) in [4.78, 5) is 13.0. The van der Waals surface area contributed by atoms with Gasteiger partial charge >= 0.3 is 0 Å². The largest absolute Gasteiger partial charge is 0.368 e. The van der Waals surface area contributed by atoms with Crippen LogP contribution in [0.15, 0.2) is 40.2 Å². The molecule has 1 aromatic carbocycles. The number of rotatable bonds is 5. The van der Waals surface area contributed by atoms with Gasteiger partial charge in [0.2, 0.25) is 5.91 Å². The molecule has 20 heavy (non-hydrogen) atoms. The first-order valence-electron chi connectivity index (χ1n) is 5.96. The van der Waals surface area contributed by atoms with Crippen LogP contribution in [0.3, 0.4) is 0 Å². The van der Waals surface area contributed by atoms with E-state index in [9.17, 15) is 9.18 Å². The molecule has 0 fully saturated rings. The molecule has 2 rings (SSSR count). The highest BCUT2D eigenvalue weighted by atomic mass is 79.9. The van der Waals surface area contributed by atoms with Crippen molar-refractivity contribution in [1.82, 2.24) is 5.32 Å². The van der Waals surface area contributed by atoms with Gasteiger partial charge in [0.25, 0.3) is 0 Å². The van der Waals surface area contributed by atoms with Crippen LogP contribution in [0.5, 0.6) is 0 Å². The van der Waals surface area contributed by atoms with Gasteiger partial charge in [-0.15, -0.1) is 11.3 Å². The molecule has 106 valence electrons. The predicted molar refractivity (Wildman–Crippen MR) is 81.8 cm³/mol. The van der Waals surface area contributed by atoms with E-state index in [4.69, 9.17) is 5.73 Å². The number of hydrogen-bond donors (Lipinski definition) is 2. The van der Waals surface area contributed by atoms with Crippen LogP contribution in [0.4, 0.5) is 4.39 Å². The minimum Gasteiger partial charge on any atom is -0.368 e. The van der Waals surface area contributed by atoms with Crippen molar-refractivity contribution < 1.29 is 9.18 Å². The highest BCUT2D eigenvalue weighted by Gasteiger charge is 2.34. The molecule has 1 heterocycles. The van der Waals surface area contributed by atoms with Crippen molar-refractivity contribution in [2.45, 2.75) is 19.0 Å². The van der Waals surface area contributed by atoms with E-state index in [1.807, 2.05) is 17.5 Å². The van der Waals surface area contributed by atoms with Crippen molar-refractivity contribution >= 4 is 33.2 Å². The molecule has 6 heteroatoms. The summed E-state index contributed by atoms with van der Waals surface area (Å²) >= 11 is 4.88. The number of thiophene rings is 1. The van der Waals surface area contributed by atoms with Crippen molar-refractivity contribution in [3.8, 4) is 0 Å². The van der Waals surface area contributed by atoms with E-state index in [1.54, 1.807) is 24.3 Å². The normalized spacial score (nSPS) is 13.9. The molecule has 2 aromatic rings. The Morgan fingerprint density at radius 2 is 2.25 bits per heavy atom. The van der Waals surface area contributed by atoms with Crippen molar-refractivity contribution in [2.75, 3.05) is 0 Å². The minimum atomic E-state index is -1.07. The summed E-state index contributed by atoms with van der Waals surface area (Å²) < 4.78 is 13.7. The number of carbonyl (C=O) groups is 1. The molecule has 0 radical (unpaired) electrons. The van der Waals surface area contributed by atoms with E-state index < -0.39 is 11.4 Å². The topological polar surface area (TPSA) is 55.1 Å². The number of carbonyl (C=O) groups excluding carboxylic acids is 1. The zero-order valence-corrected chi connectivity index (χ0v) is 13.2. The Balaban J connectivity index is 2.31. The van der Waals surface area contributed by atoms with Crippen LogP contribution >= 0.6 is 27.3 Å². The average molecular weight is 357 g/mol. The Bertz CT molecular complexity index is 618. The third kappa shape index (κ3) is 3.08. The molecule has 0 bridgehead atoms. The van der Waals surface area contributed by atoms with Gasteiger partial charge in [-0.25, -0.2) is 4.39 Å². The number of nitrogens with one attached hydrogen (secondary N) is 1. The molecule has 0 aliphatic rings. The molecular formula is C14H14BrFN2OS. The van der Waals surface area contributed by atoms with Gasteiger partial charge < -0.3 is 5.73 Å². The molecular weight excluding hydrogens is 343 g/mol. The molecule has 0 saturated heterocycles. The van der Waals surface area contributed by atoms with E-state index in [0.29, 0.717) is 16.6 Å². The number of halogens is 2. The van der Waals surface area contributed by atoms with Crippen molar-refractivity contribution in [3.05, 3.63) is 56.4 Å². The zero-order chi connectivity index (χ0) is 14.8. The minimum absolute atomic E-state index is 0.370. The van der Waals surface area contributed by atoms with Gasteiger partial charge in [-0.05, 0) is 36.1 Å². The molecule has 1 aromatic heterocycles. The smallest absolute Gasteiger partial charge is 0.242 e. The number of amides is 1. The Morgan fingerprint density at radius 3 is 2.80 bits per heavy atom. The molecule has 1 unspecified atom stereocenters. The molecule has 0 aliphatic carbocycles. The molecule has 1 amide bonds. The Kier molecular flexibility index (Phi) is 4.57. The third-order valence-electron chi connectivity index (χ3n) is 3.16. The lowest BCUT2D eigenvalue weighted by molar-refractivity contribution is -0.124. The third-order valence-corrected chi connectivity index (χ3v) is 4.69. The van der Waals surface area contributed by atoms with Crippen molar-refractivity contribution in [2.24, 2.45) is 5.73 Å². The van der Waals surface area contributed by atoms with Gasteiger partial charge in [-0.2, -0.15) is 0 Å². The van der Waals surface area contributed by atoms with Crippen LogP contribution in [0.2, 0.25) is 0 Å². The van der Waals surface area contributed by atoms with E-state index in [0.717, 1.165) is 4.88 Å². The molecule has 1 atom stereocenters. The fourth-order valence-corrected chi connectivity index (χ4v) is 3.28. The van der Waals surface area contributed by atoms with Gasteiger partial charge in [0.1, 0.15) is 11.4 Å². The van der Waals surface area contributed by atoms with Gasteiger partial charge in [-0.3, -0.25) is 10.1 Å². The lowest BCUT2D eigenvalue weighted by Crippen LogP contribution is -2.50. The summed E-state index contributed by atoms with van der Waals surface area (Å²) in [7, 11) is 0. The van der Waals surface area contributed by atoms with Crippen LogP contribution in [-0.2, 0) is 16.9 Å². The van der Waals surface area contributed by atoms with E-state index in [2.05, 4.69) is 21.2 Å². The predicted octanol–water partition coefficient (Wildman–Crippen LogP) is 3.14. The first-order chi connectivity index (χ1) is 9.43. The van der Waals surface area contributed by atoms with Crippen LogP contribution in [-0.4, -0.2) is 5.91 Å². The van der Waals surface area contributed by atoms with Crippen LogP contribution in [0.1, 0.15) is 17.4 Å².